The van der Waals surface area contributed by atoms with Crippen molar-refractivity contribution in [3.8, 4) is 0 Å². The highest BCUT2D eigenvalue weighted by Crippen LogP contribution is 2.12. The molecule has 0 saturated carbocycles. The van der Waals surface area contributed by atoms with Gasteiger partial charge in [0, 0.05) is 17.6 Å². The lowest BCUT2D eigenvalue weighted by molar-refractivity contribution is -0.110. The fraction of sp³-hybridized carbons (Fsp3) is 0.833. The van der Waals surface area contributed by atoms with Crippen LogP contribution < -0.4 is 0 Å². The normalized spacial score (nSPS) is 10.2. The van der Waals surface area contributed by atoms with Crippen molar-refractivity contribution in [1.82, 2.24) is 0 Å². The molecule has 0 aromatic heterocycles. The summed E-state index contributed by atoms with van der Waals surface area (Å²) in [4.78, 5) is 10.7. The van der Waals surface area contributed by atoms with E-state index in [9.17, 15) is 4.79 Å². The number of thioether (sulfide) groups is 1. The Kier molecular flexibility index (Phi) is 5.30. The first-order valence-corrected chi connectivity index (χ1v) is 4.33. The van der Waals surface area contributed by atoms with Crippen molar-refractivity contribution in [2.24, 2.45) is 0 Å². The number of hydrogen-bond donors (Lipinski definition) is 0. The smallest absolute Gasteiger partial charge is 0.190 e. The first-order valence-electron chi connectivity index (χ1n) is 2.92. The van der Waals surface area contributed by atoms with Gasteiger partial charge in [0.05, 0.1) is 0 Å². The molecule has 0 bridgehead atoms. The minimum atomic E-state index is 0.194. The number of hydrogen-bond acceptors (Lipinski definition) is 2. The van der Waals surface area contributed by atoms with Crippen LogP contribution in [0.3, 0.4) is 0 Å². The van der Waals surface area contributed by atoms with E-state index in [0.29, 0.717) is 17.6 Å². The molecule has 1 nitrogen and oxygen atoms in total. The summed E-state index contributed by atoms with van der Waals surface area (Å²) in [5.74, 6) is 0.443. The van der Waals surface area contributed by atoms with E-state index in [0.717, 1.165) is 0 Å². The number of rotatable bonds is 3. The summed E-state index contributed by atoms with van der Waals surface area (Å²) in [5, 5.41) is 0.584. The van der Waals surface area contributed by atoms with Gasteiger partial charge in [0.25, 0.3) is 0 Å². The topological polar surface area (TPSA) is 17.1 Å². The van der Waals surface area contributed by atoms with E-state index in [4.69, 9.17) is 11.6 Å². The van der Waals surface area contributed by atoms with Crippen LogP contribution in [-0.2, 0) is 4.79 Å². The molecule has 0 unspecified atom stereocenters. The standard InChI is InChI=1S/C6H11ClOS/c1-5(2)9-6(8)3-4-7/h5H,3-4H2,1-2H3. The molecule has 0 aliphatic heterocycles. The summed E-state index contributed by atoms with van der Waals surface area (Å²) in [5.41, 5.74) is 0. The van der Waals surface area contributed by atoms with E-state index in [1.54, 1.807) is 0 Å². The molecule has 0 radical (unpaired) electrons. The molecule has 0 rings (SSSR count). The molecule has 0 heterocycles. The first-order chi connectivity index (χ1) is 4.16. The van der Waals surface area contributed by atoms with Gasteiger partial charge in [0.15, 0.2) is 5.12 Å². The molecule has 0 amide bonds. The average Bonchev–Trinajstić information content (AvgIpc) is 1.63. The average molecular weight is 167 g/mol. The maximum absolute atomic E-state index is 10.7. The molecule has 0 atom stereocenters. The van der Waals surface area contributed by atoms with Crippen molar-refractivity contribution in [1.29, 1.82) is 0 Å². The molecule has 0 fully saturated rings. The summed E-state index contributed by atoms with van der Waals surface area (Å²) in [6, 6.07) is 0. The highest BCUT2D eigenvalue weighted by atomic mass is 35.5. The van der Waals surface area contributed by atoms with Gasteiger partial charge in [0.1, 0.15) is 0 Å². The minimum Gasteiger partial charge on any atom is -0.287 e. The molecular weight excluding hydrogens is 156 g/mol. The third-order valence-corrected chi connectivity index (χ3v) is 1.79. The molecule has 0 spiro atoms. The molecule has 0 aliphatic rings. The van der Waals surface area contributed by atoms with Gasteiger partial charge >= 0.3 is 0 Å². The molecule has 0 aromatic carbocycles. The van der Waals surface area contributed by atoms with E-state index in [-0.39, 0.29) is 5.12 Å². The van der Waals surface area contributed by atoms with Gasteiger partial charge in [-0.15, -0.1) is 11.6 Å². The maximum Gasteiger partial charge on any atom is 0.190 e. The molecule has 0 saturated heterocycles. The van der Waals surface area contributed by atoms with Gasteiger partial charge in [-0.2, -0.15) is 0 Å². The van der Waals surface area contributed by atoms with Crippen LogP contribution in [0.15, 0.2) is 0 Å². The fourth-order valence-corrected chi connectivity index (χ4v) is 1.43. The summed E-state index contributed by atoms with van der Waals surface area (Å²) in [7, 11) is 0. The molecule has 3 heteroatoms. The Morgan fingerprint density at radius 3 is 2.56 bits per heavy atom. The lowest BCUT2D eigenvalue weighted by Gasteiger charge is -1.99. The van der Waals surface area contributed by atoms with Crippen LogP contribution in [0.4, 0.5) is 0 Å². The predicted octanol–water partition coefficient (Wildman–Crippen LogP) is 2.28. The summed E-state index contributed by atoms with van der Waals surface area (Å²) in [6.07, 6.45) is 0.490. The van der Waals surface area contributed by atoms with Gasteiger partial charge in [-0.3, -0.25) is 4.79 Å². The number of carbonyl (C=O) groups is 1. The second-order valence-corrected chi connectivity index (χ2v) is 3.99. The van der Waals surface area contributed by atoms with Crippen molar-refractivity contribution >= 4 is 28.5 Å². The second kappa shape index (κ2) is 5.12. The highest BCUT2D eigenvalue weighted by Gasteiger charge is 2.03. The largest absolute Gasteiger partial charge is 0.287 e. The molecule has 54 valence electrons. The van der Waals surface area contributed by atoms with E-state index in [1.807, 2.05) is 13.8 Å². The lowest BCUT2D eigenvalue weighted by atomic mass is 10.5. The Bertz CT molecular complexity index is 93.1. The number of halogens is 1. The van der Waals surface area contributed by atoms with Gasteiger partial charge in [0.2, 0.25) is 0 Å². The molecule has 9 heavy (non-hydrogen) atoms. The van der Waals surface area contributed by atoms with Crippen LogP contribution >= 0.6 is 23.4 Å². The summed E-state index contributed by atoms with van der Waals surface area (Å²) in [6.45, 7) is 3.99. The van der Waals surface area contributed by atoms with Gasteiger partial charge in [-0.1, -0.05) is 25.6 Å². The van der Waals surface area contributed by atoms with Crippen LogP contribution in [0.5, 0.6) is 0 Å². The zero-order valence-electron chi connectivity index (χ0n) is 5.69. The van der Waals surface area contributed by atoms with Crippen molar-refractivity contribution in [3.63, 3.8) is 0 Å². The Labute approximate surface area is 65.2 Å². The monoisotopic (exact) mass is 166 g/mol. The Hall–Kier alpha value is 0.310. The zero-order chi connectivity index (χ0) is 7.28. The van der Waals surface area contributed by atoms with Gasteiger partial charge in [-0.05, 0) is 0 Å². The number of carbonyl (C=O) groups excluding carboxylic acids is 1. The molecule has 0 N–H and O–H groups in total. The maximum atomic E-state index is 10.7. The number of alkyl halides is 1. The summed E-state index contributed by atoms with van der Waals surface area (Å²) < 4.78 is 0. The lowest BCUT2D eigenvalue weighted by Crippen LogP contribution is -1.97. The zero-order valence-corrected chi connectivity index (χ0v) is 7.26. The van der Waals surface area contributed by atoms with Crippen LogP contribution in [-0.4, -0.2) is 16.2 Å². The second-order valence-electron chi connectivity index (χ2n) is 1.98. The summed E-state index contributed by atoms with van der Waals surface area (Å²) >= 11 is 6.70. The van der Waals surface area contributed by atoms with Crippen LogP contribution in [0.2, 0.25) is 0 Å². The molecule has 0 aliphatic carbocycles. The van der Waals surface area contributed by atoms with E-state index in [2.05, 4.69) is 0 Å². The van der Waals surface area contributed by atoms with Crippen molar-refractivity contribution < 1.29 is 4.79 Å². The Morgan fingerprint density at radius 2 is 2.22 bits per heavy atom. The highest BCUT2D eigenvalue weighted by molar-refractivity contribution is 8.14. The van der Waals surface area contributed by atoms with Crippen molar-refractivity contribution in [3.05, 3.63) is 0 Å². The Morgan fingerprint density at radius 1 is 1.67 bits per heavy atom. The van der Waals surface area contributed by atoms with Crippen LogP contribution in [0, 0.1) is 0 Å². The van der Waals surface area contributed by atoms with E-state index >= 15 is 0 Å². The SMILES string of the molecule is CC(C)SC(=O)CCCl. The van der Waals surface area contributed by atoms with E-state index < -0.39 is 0 Å². The van der Waals surface area contributed by atoms with Crippen molar-refractivity contribution in [2.75, 3.05) is 5.88 Å². The third-order valence-electron chi connectivity index (χ3n) is 0.666. The van der Waals surface area contributed by atoms with Crippen molar-refractivity contribution in [2.45, 2.75) is 25.5 Å². The predicted molar refractivity (Wildman–Crippen MR) is 43.1 cm³/mol. The quantitative estimate of drug-likeness (QED) is 0.599. The van der Waals surface area contributed by atoms with E-state index in [1.165, 1.54) is 11.8 Å². The first kappa shape index (κ1) is 9.31. The Balaban J connectivity index is 3.27. The fourth-order valence-electron chi connectivity index (χ4n) is 0.399. The third kappa shape index (κ3) is 6.19. The van der Waals surface area contributed by atoms with Crippen LogP contribution in [0.1, 0.15) is 20.3 Å². The molecular formula is C6H11ClOS. The minimum absolute atomic E-state index is 0.194. The van der Waals surface area contributed by atoms with Crippen LogP contribution in [0.25, 0.3) is 0 Å². The molecule has 0 aromatic rings. The van der Waals surface area contributed by atoms with Gasteiger partial charge < -0.3 is 0 Å². The van der Waals surface area contributed by atoms with Gasteiger partial charge in [-0.25, -0.2) is 0 Å².